The van der Waals surface area contributed by atoms with Crippen LogP contribution in [0.15, 0.2) is 23.8 Å². The van der Waals surface area contributed by atoms with Crippen LogP contribution in [0.4, 0.5) is 0 Å². The van der Waals surface area contributed by atoms with Gasteiger partial charge in [-0.1, -0.05) is 25.5 Å². The quantitative estimate of drug-likeness (QED) is 0.370. The van der Waals surface area contributed by atoms with E-state index in [0.717, 1.165) is 18.4 Å². The molecule has 6 aliphatic rings. The van der Waals surface area contributed by atoms with Crippen LogP contribution in [0, 0.1) is 28.6 Å². The van der Waals surface area contributed by atoms with E-state index in [1.54, 1.807) is 6.08 Å². The topological polar surface area (TPSA) is 82.2 Å². The SMILES string of the molecule is CC(C)OC(=O)C1CC2=CC(=O)CC[C@]2(C)[C@@]23O[C@@H]2C[C@@]2(C)C(C=C[C@@]24CCC(=O)O4)C13. The molecule has 2 aliphatic heterocycles. The van der Waals surface area contributed by atoms with Crippen LogP contribution in [0.3, 0.4) is 0 Å². The van der Waals surface area contributed by atoms with E-state index in [2.05, 4.69) is 26.0 Å². The van der Waals surface area contributed by atoms with Gasteiger partial charge >= 0.3 is 11.9 Å². The molecule has 0 aromatic rings. The van der Waals surface area contributed by atoms with Gasteiger partial charge in [0.05, 0.1) is 18.1 Å². The molecular weight excluding hydrogens is 408 g/mol. The summed E-state index contributed by atoms with van der Waals surface area (Å²) in [4.78, 5) is 37.9. The van der Waals surface area contributed by atoms with Gasteiger partial charge in [-0.2, -0.15) is 0 Å². The van der Waals surface area contributed by atoms with Gasteiger partial charge in [-0.15, -0.1) is 0 Å². The van der Waals surface area contributed by atoms with E-state index in [9.17, 15) is 14.4 Å². The number of epoxide rings is 1. The van der Waals surface area contributed by atoms with Gasteiger partial charge in [0.15, 0.2) is 5.78 Å². The molecule has 0 N–H and O–H groups in total. The van der Waals surface area contributed by atoms with Crippen LogP contribution in [0.5, 0.6) is 0 Å². The third kappa shape index (κ3) is 2.27. The molecule has 2 spiro atoms. The monoisotopic (exact) mass is 440 g/mol. The highest BCUT2D eigenvalue weighted by Crippen LogP contribution is 2.77. The summed E-state index contributed by atoms with van der Waals surface area (Å²) in [6.07, 6.45) is 9.56. The zero-order chi connectivity index (χ0) is 22.7. The first-order chi connectivity index (χ1) is 15.1. The Bertz CT molecular complexity index is 994. The molecule has 172 valence electrons. The van der Waals surface area contributed by atoms with Gasteiger partial charge in [0.2, 0.25) is 0 Å². The summed E-state index contributed by atoms with van der Waals surface area (Å²) in [5.41, 5.74) is -0.611. The highest BCUT2D eigenvalue weighted by Gasteiger charge is 2.82. The minimum atomic E-state index is -0.612. The molecule has 2 heterocycles. The smallest absolute Gasteiger partial charge is 0.309 e. The Balaban J connectivity index is 1.48. The maximum Gasteiger partial charge on any atom is 0.309 e. The molecule has 3 unspecified atom stereocenters. The summed E-state index contributed by atoms with van der Waals surface area (Å²) < 4.78 is 18.4. The fourth-order valence-electron chi connectivity index (χ4n) is 8.23. The molecule has 4 aliphatic carbocycles. The molecule has 6 nitrogen and oxygen atoms in total. The summed E-state index contributed by atoms with van der Waals surface area (Å²) in [5, 5.41) is 0. The number of carbonyl (C=O) groups excluding carboxylic acids is 3. The Hall–Kier alpha value is -1.95. The largest absolute Gasteiger partial charge is 0.463 e. The first-order valence-corrected chi connectivity index (χ1v) is 12.1. The van der Waals surface area contributed by atoms with Crippen molar-refractivity contribution in [2.75, 3.05) is 0 Å². The van der Waals surface area contributed by atoms with Crippen molar-refractivity contribution in [3.05, 3.63) is 23.8 Å². The van der Waals surface area contributed by atoms with Gasteiger partial charge in [-0.25, -0.2) is 0 Å². The first-order valence-electron chi connectivity index (χ1n) is 12.1. The minimum absolute atomic E-state index is 0.0129. The van der Waals surface area contributed by atoms with Gasteiger partial charge in [-0.3, -0.25) is 14.4 Å². The molecule has 8 atom stereocenters. The first kappa shape index (κ1) is 20.6. The number of hydrogen-bond acceptors (Lipinski definition) is 6. The predicted octanol–water partition coefficient (Wildman–Crippen LogP) is 3.68. The Kier molecular flexibility index (Phi) is 3.96. The van der Waals surface area contributed by atoms with E-state index in [1.807, 2.05) is 13.8 Å². The number of esters is 2. The number of ether oxygens (including phenoxy) is 3. The molecule has 2 saturated carbocycles. The maximum absolute atomic E-state index is 13.4. The summed E-state index contributed by atoms with van der Waals surface area (Å²) in [6.45, 7) is 8.18. The van der Waals surface area contributed by atoms with Crippen molar-refractivity contribution in [3.63, 3.8) is 0 Å². The van der Waals surface area contributed by atoms with Gasteiger partial charge < -0.3 is 14.2 Å². The zero-order valence-corrected chi connectivity index (χ0v) is 19.3. The van der Waals surface area contributed by atoms with Gasteiger partial charge in [0.25, 0.3) is 0 Å². The summed E-state index contributed by atoms with van der Waals surface area (Å²) in [6, 6.07) is 0. The van der Waals surface area contributed by atoms with Crippen LogP contribution >= 0.6 is 0 Å². The Morgan fingerprint density at radius 2 is 1.97 bits per heavy atom. The molecule has 0 aromatic heterocycles. The number of allylic oxidation sites excluding steroid dienone is 2. The second-order valence-electron chi connectivity index (χ2n) is 11.6. The van der Waals surface area contributed by atoms with E-state index in [0.29, 0.717) is 25.7 Å². The van der Waals surface area contributed by atoms with E-state index < -0.39 is 11.2 Å². The van der Waals surface area contributed by atoms with E-state index in [4.69, 9.17) is 14.2 Å². The highest BCUT2D eigenvalue weighted by molar-refractivity contribution is 5.92. The van der Waals surface area contributed by atoms with E-state index in [-0.39, 0.29) is 58.5 Å². The average molecular weight is 441 g/mol. The third-order valence-corrected chi connectivity index (χ3v) is 9.83. The lowest BCUT2D eigenvalue weighted by atomic mass is 9.43. The van der Waals surface area contributed by atoms with Gasteiger partial charge in [0.1, 0.15) is 11.2 Å². The predicted molar refractivity (Wildman–Crippen MR) is 114 cm³/mol. The molecular formula is C26H32O6. The Morgan fingerprint density at radius 3 is 2.66 bits per heavy atom. The molecule has 0 amide bonds. The summed E-state index contributed by atoms with van der Waals surface area (Å²) in [7, 11) is 0. The molecule has 0 aromatic carbocycles. The van der Waals surface area contributed by atoms with Crippen molar-refractivity contribution in [2.24, 2.45) is 28.6 Å². The lowest BCUT2D eigenvalue weighted by molar-refractivity contribution is -0.171. The van der Waals surface area contributed by atoms with Crippen LogP contribution in [-0.4, -0.2) is 41.1 Å². The summed E-state index contributed by atoms with van der Waals surface area (Å²) >= 11 is 0. The van der Waals surface area contributed by atoms with Crippen molar-refractivity contribution in [3.8, 4) is 0 Å². The Morgan fingerprint density at radius 1 is 1.19 bits per heavy atom. The molecule has 4 fully saturated rings. The second-order valence-corrected chi connectivity index (χ2v) is 11.6. The molecule has 0 bridgehead atoms. The van der Waals surface area contributed by atoms with E-state index >= 15 is 0 Å². The molecule has 6 heteroatoms. The lowest BCUT2D eigenvalue weighted by Gasteiger charge is -2.58. The number of rotatable bonds is 2. The highest BCUT2D eigenvalue weighted by atomic mass is 16.6. The van der Waals surface area contributed by atoms with Gasteiger partial charge in [0, 0.05) is 36.0 Å². The second kappa shape index (κ2) is 6.13. The standard InChI is InChI=1S/C26H32O6/c1-14(2)30-22(29)17-12-15-11-16(27)5-8-23(15,3)26-19(31-26)13-24(4)18(21(17)26)6-9-25(24)10-7-20(28)32-25/h6,9,11,14,17-19,21H,5,7-8,10,12-13H2,1-4H3/t17?,18?,19-,21?,23+,24+,25-,26-/m1/s1. The van der Waals surface area contributed by atoms with Crippen LogP contribution in [-0.2, 0) is 28.6 Å². The van der Waals surface area contributed by atoms with Crippen LogP contribution in [0.1, 0.15) is 66.2 Å². The van der Waals surface area contributed by atoms with Crippen molar-refractivity contribution >= 4 is 17.7 Å². The van der Waals surface area contributed by atoms with Crippen LogP contribution in [0.25, 0.3) is 0 Å². The fourth-order valence-corrected chi connectivity index (χ4v) is 8.23. The third-order valence-electron chi connectivity index (χ3n) is 9.83. The molecule has 6 rings (SSSR count). The van der Waals surface area contributed by atoms with Crippen molar-refractivity contribution in [1.29, 1.82) is 0 Å². The average Bonchev–Trinajstić information content (AvgIpc) is 3.20. The lowest BCUT2D eigenvalue weighted by Crippen LogP contribution is -2.63. The van der Waals surface area contributed by atoms with Gasteiger partial charge in [-0.05, 0) is 51.2 Å². The van der Waals surface area contributed by atoms with Crippen molar-refractivity contribution < 1.29 is 28.6 Å². The number of hydrogen-bond donors (Lipinski definition) is 0. The summed E-state index contributed by atoms with van der Waals surface area (Å²) in [5.74, 6) is -0.613. The molecule has 32 heavy (non-hydrogen) atoms. The number of fused-ring (bicyclic) bond motifs is 4. The number of ketones is 1. The zero-order valence-electron chi connectivity index (χ0n) is 19.3. The molecule has 2 saturated heterocycles. The van der Waals surface area contributed by atoms with E-state index in [1.165, 1.54) is 0 Å². The van der Waals surface area contributed by atoms with Crippen molar-refractivity contribution in [2.45, 2.75) is 89.6 Å². The number of carbonyl (C=O) groups is 3. The minimum Gasteiger partial charge on any atom is -0.463 e. The maximum atomic E-state index is 13.4. The van der Waals surface area contributed by atoms with Crippen LogP contribution in [0.2, 0.25) is 0 Å². The fraction of sp³-hybridized carbons (Fsp3) is 0.731. The normalized spacial score (nSPS) is 50.3. The van der Waals surface area contributed by atoms with Crippen molar-refractivity contribution in [1.82, 2.24) is 0 Å². The van der Waals surface area contributed by atoms with Crippen LogP contribution < -0.4 is 0 Å². The Labute approximate surface area is 188 Å². The molecule has 0 radical (unpaired) electrons.